The molecule has 1 heterocycles. The number of nitrogens with zero attached hydrogens (tertiary/aromatic N) is 1. The van der Waals surface area contributed by atoms with Gasteiger partial charge in [0.05, 0.1) is 17.6 Å². The predicted molar refractivity (Wildman–Crippen MR) is 84.7 cm³/mol. The predicted octanol–water partition coefficient (Wildman–Crippen LogP) is 1.86. The number of fused-ring (bicyclic) bond motifs is 1. The molecule has 2 N–H and O–H groups in total. The van der Waals surface area contributed by atoms with Gasteiger partial charge in [0.15, 0.2) is 0 Å². The van der Waals surface area contributed by atoms with E-state index in [1.165, 1.54) is 0 Å². The van der Waals surface area contributed by atoms with Crippen LogP contribution in [0.15, 0.2) is 24.3 Å². The summed E-state index contributed by atoms with van der Waals surface area (Å²) in [5, 5.41) is 6.36. The molecule has 5 heteroatoms. The number of nitrogens with one attached hydrogen (secondary N) is 2. The molecule has 1 aliphatic rings. The first-order chi connectivity index (χ1) is 10.5. The number of amides is 2. The highest BCUT2D eigenvalue weighted by Gasteiger charge is 2.23. The number of aryl methyl sites for hydroxylation is 2. The smallest absolute Gasteiger partial charge is 0.252 e. The highest BCUT2D eigenvalue weighted by molar-refractivity contribution is 6.07. The van der Waals surface area contributed by atoms with Crippen molar-refractivity contribution in [3.8, 4) is 0 Å². The van der Waals surface area contributed by atoms with Gasteiger partial charge < -0.3 is 10.6 Å². The normalized spacial score (nSPS) is 13.9. The summed E-state index contributed by atoms with van der Waals surface area (Å²) in [6, 6.07) is 7.89. The Morgan fingerprint density at radius 3 is 2.73 bits per heavy atom. The van der Waals surface area contributed by atoms with Crippen LogP contribution in [0.5, 0.6) is 0 Å². The Kier molecular flexibility index (Phi) is 3.79. The molecule has 1 aliphatic carbocycles. The lowest BCUT2D eigenvalue weighted by molar-refractivity contribution is -0.120. The van der Waals surface area contributed by atoms with Crippen molar-refractivity contribution in [1.29, 1.82) is 0 Å². The number of pyridine rings is 1. The molecule has 0 spiro atoms. The van der Waals surface area contributed by atoms with E-state index in [1.54, 1.807) is 6.07 Å². The molecule has 0 unspecified atom stereocenters. The topological polar surface area (TPSA) is 71.1 Å². The first-order valence-electron chi connectivity index (χ1n) is 7.48. The maximum Gasteiger partial charge on any atom is 0.252 e. The highest BCUT2D eigenvalue weighted by Crippen LogP contribution is 2.20. The number of carbonyl (C=O) groups is 2. The molecule has 114 valence electrons. The summed E-state index contributed by atoms with van der Waals surface area (Å²) in [6.07, 6.45) is 2.07. The molecule has 1 fully saturated rings. The second kappa shape index (κ2) is 5.75. The fraction of sp³-hybridized carbons (Fsp3) is 0.353. The van der Waals surface area contributed by atoms with Gasteiger partial charge in [0.2, 0.25) is 5.91 Å². The first-order valence-corrected chi connectivity index (χ1v) is 7.48. The molecule has 1 saturated carbocycles. The molecule has 0 radical (unpaired) electrons. The van der Waals surface area contributed by atoms with Crippen molar-refractivity contribution in [2.75, 3.05) is 6.54 Å². The third-order valence-corrected chi connectivity index (χ3v) is 3.69. The van der Waals surface area contributed by atoms with E-state index < -0.39 is 0 Å². The molecule has 0 saturated heterocycles. The van der Waals surface area contributed by atoms with E-state index in [1.807, 2.05) is 32.0 Å². The van der Waals surface area contributed by atoms with Gasteiger partial charge in [-0.2, -0.15) is 0 Å². The lowest BCUT2D eigenvalue weighted by atomic mass is 10.0. The average molecular weight is 297 g/mol. The zero-order valence-corrected chi connectivity index (χ0v) is 12.8. The molecule has 2 amide bonds. The van der Waals surface area contributed by atoms with Crippen molar-refractivity contribution >= 4 is 22.7 Å². The molecular weight excluding hydrogens is 278 g/mol. The molecular formula is C17H19N3O2. The Labute approximate surface area is 129 Å². The third-order valence-electron chi connectivity index (χ3n) is 3.69. The van der Waals surface area contributed by atoms with Crippen LogP contribution >= 0.6 is 0 Å². The zero-order valence-electron chi connectivity index (χ0n) is 12.8. The number of hydrogen-bond acceptors (Lipinski definition) is 3. The van der Waals surface area contributed by atoms with Gasteiger partial charge in [-0.1, -0.05) is 11.6 Å². The molecule has 0 atom stereocenters. The standard InChI is InChI=1S/C17H19N3O2/c1-10-3-6-15-13(7-10)14(8-11(2)19-15)17(22)18-9-16(21)20-12-4-5-12/h3,6-8,12H,4-5,9H2,1-2H3,(H,18,22)(H,20,21). The van der Waals surface area contributed by atoms with Crippen LogP contribution in [0.3, 0.4) is 0 Å². The van der Waals surface area contributed by atoms with Crippen molar-refractivity contribution in [2.45, 2.75) is 32.7 Å². The van der Waals surface area contributed by atoms with E-state index in [0.29, 0.717) is 11.6 Å². The monoisotopic (exact) mass is 297 g/mol. The number of hydrogen-bond donors (Lipinski definition) is 2. The molecule has 0 aliphatic heterocycles. The second-order valence-corrected chi connectivity index (χ2v) is 5.86. The lowest BCUT2D eigenvalue weighted by Crippen LogP contribution is -2.37. The summed E-state index contributed by atoms with van der Waals surface area (Å²) in [5.74, 6) is -0.380. The number of rotatable bonds is 4. The Hall–Kier alpha value is -2.43. The molecule has 2 aromatic rings. The Balaban J connectivity index is 1.80. The van der Waals surface area contributed by atoms with Crippen LogP contribution in [0, 0.1) is 13.8 Å². The van der Waals surface area contributed by atoms with Gasteiger partial charge in [-0.05, 0) is 44.9 Å². The van der Waals surface area contributed by atoms with E-state index in [2.05, 4.69) is 15.6 Å². The Morgan fingerprint density at radius 1 is 1.23 bits per heavy atom. The van der Waals surface area contributed by atoms with Gasteiger partial charge in [-0.25, -0.2) is 0 Å². The van der Waals surface area contributed by atoms with Crippen LogP contribution in [-0.2, 0) is 4.79 Å². The van der Waals surface area contributed by atoms with Crippen LogP contribution < -0.4 is 10.6 Å². The molecule has 22 heavy (non-hydrogen) atoms. The Bertz CT molecular complexity index is 751. The van der Waals surface area contributed by atoms with Crippen molar-refractivity contribution in [1.82, 2.24) is 15.6 Å². The minimum atomic E-state index is -0.243. The van der Waals surface area contributed by atoms with Gasteiger partial charge in [0.1, 0.15) is 0 Å². The summed E-state index contributed by atoms with van der Waals surface area (Å²) in [5.41, 5.74) is 3.20. The fourth-order valence-electron chi connectivity index (χ4n) is 2.42. The van der Waals surface area contributed by atoms with Crippen LogP contribution in [0.4, 0.5) is 0 Å². The molecule has 3 rings (SSSR count). The summed E-state index contributed by atoms with van der Waals surface area (Å²) in [6.45, 7) is 3.84. The van der Waals surface area contributed by atoms with Gasteiger partial charge in [-0.15, -0.1) is 0 Å². The SMILES string of the molecule is Cc1ccc2nc(C)cc(C(=O)NCC(=O)NC3CC3)c2c1. The van der Waals surface area contributed by atoms with Gasteiger partial charge >= 0.3 is 0 Å². The summed E-state index contributed by atoms with van der Waals surface area (Å²) in [7, 11) is 0. The van der Waals surface area contributed by atoms with E-state index in [9.17, 15) is 9.59 Å². The van der Waals surface area contributed by atoms with E-state index in [0.717, 1.165) is 35.0 Å². The maximum absolute atomic E-state index is 12.4. The average Bonchev–Trinajstić information content (AvgIpc) is 3.28. The lowest BCUT2D eigenvalue weighted by Gasteiger charge is -2.10. The fourth-order valence-corrected chi connectivity index (χ4v) is 2.42. The van der Waals surface area contributed by atoms with E-state index in [-0.39, 0.29) is 18.4 Å². The van der Waals surface area contributed by atoms with Crippen LogP contribution in [-0.4, -0.2) is 29.4 Å². The minimum Gasteiger partial charge on any atom is -0.352 e. The Morgan fingerprint density at radius 2 is 2.00 bits per heavy atom. The summed E-state index contributed by atoms with van der Waals surface area (Å²) < 4.78 is 0. The largest absolute Gasteiger partial charge is 0.352 e. The van der Waals surface area contributed by atoms with Crippen LogP contribution in [0.25, 0.3) is 10.9 Å². The molecule has 0 bridgehead atoms. The minimum absolute atomic E-state index is 0.00398. The maximum atomic E-state index is 12.4. The highest BCUT2D eigenvalue weighted by atomic mass is 16.2. The molecule has 1 aromatic heterocycles. The second-order valence-electron chi connectivity index (χ2n) is 5.86. The van der Waals surface area contributed by atoms with Crippen LogP contribution in [0.1, 0.15) is 34.5 Å². The van der Waals surface area contributed by atoms with Gasteiger partial charge in [0.25, 0.3) is 5.91 Å². The van der Waals surface area contributed by atoms with E-state index in [4.69, 9.17) is 0 Å². The quantitative estimate of drug-likeness (QED) is 0.905. The number of benzene rings is 1. The van der Waals surface area contributed by atoms with Crippen LogP contribution in [0.2, 0.25) is 0 Å². The number of aromatic nitrogens is 1. The first kappa shape index (κ1) is 14.5. The molecule has 5 nitrogen and oxygen atoms in total. The van der Waals surface area contributed by atoms with Crippen molar-refractivity contribution in [3.63, 3.8) is 0 Å². The summed E-state index contributed by atoms with van der Waals surface area (Å²) in [4.78, 5) is 28.5. The van der Waals surface area contributed by atoms with E-state index >= 15 is 0 Å². The molecule has 1 aromatic carbocycles. The van der Waals surface area contributed by atoms with Crippen molar-refractivity contribution in [2.24, 2.45) is 0 Å². The van der Waals surface area contributed by atoms with Gasteiger partial charge in [-0.3, -0.25) is 14.6 Å². The zero-order chi connectivity index (χ0) is 15.7. The number of carbonyl (C=O) groups excluding carboxylic acids is 2. The van der Waals surface area contributed by atoms with Gasteiger partial charge in [0, 0.05) is 17.1 Å². The van der Waals surface area contributed by atoms with Crippen molar-refractivity contribution in [3.05, 3.63) is 41.1 Å². The summed E-state index contributed by atoms with van der Waals surface area (Å²) >= 11 is 0. The van der Waals surface area contributed by atoms with Crippen molar-refractivity contribution < 1.29 is 9.59 Å². The third kappa shape index (κ3) is 3.24.